The molecule has 2 aromatic rings. The Kier molecular flexibility index (Phi) is 5.71. The fraction of sp³-hybridized carbons (Fsp3) is 0.619. The van der Waals surface area contributed by atoms with Gasteiger partial charge in [0.2, 0.25) is 5.95 Å². The van der Waals surface area contributed by atoms with Gasteiger partial charge in [0.1, 0.15) is 5.82 Å². The van der Waals surface area contributed by atoms with E-state index in [0.29, 0.717) is 29.3 Å². The van der Waals surface area contributed by atoms with Crippen molar-refractivity contribution >= 4 is 22.7 Å². The van der Waals surface area contributed by atoms with Gasteiger partial charge in [-0.15, -0.1) is 0 Å². The summed E-state index contributed by atoms with van der Waals surface area (Å²) < 4.78 is 10.7. The fourth-order valence-corrected chi connectivity index (χ4v) is 4.60. The van der Waals surface area contributed by atoms with Crippen molar-refractivity contribution in [2.45, 2.75) is 57.0 Å². The van der Waals surface area contributed by atoms with Crippen LogP contribution in [0.5, 0.6) is 11.5 Å². The zero-order valence-corrected chi connectivity index (χ0v) is 16.9. The molecule has 1 aromatic carbocycles. The van der Waals surface area contributed by atoms with Crippen molar-refractivity contribution in [3.63, 3.8) is 0 Å². The SMILES string of the molecule is COc1cc2nc(NC3CCC(N4CCCCC4)CC3)nc(N)c2cc1OC. The first kappa shape index (κ1) is 19.1. The molecule has 2 aliphatic rings. The maximum absolute atomic E-state index is 6.20. The van der Waals surface area contributed by atoms with Crippen LogP contribution >= 0.6 is 0 Å². The molecular weight excluding hydrogens is 354 g/mol. The summed E-state index contributed by atoms with van der Waals surface area (Å²) in [4.78, 5) is 11.9. The summed E-state index contributed by atoms with van der Waals surface area (Å²) in [5.74, 6) is 2.32. The van der Waals surface area contributed by atoms with Crippen LogP contribution in [0.15, 0.2) is 12.1 Å². The Hall–Kier alpha value is -2.28. The largest absolute Gasteiger partial charge is 0.493 e. The standard InChI is InChI=1S/C21H31N5O2/c1-27-18-12-16-17(13-19(18)28-2)24-21(25-20(16)22)23-14-6-8-15(9-7-14)26-10-4-3-5-11-26/h12-15H,3-11H2,1-2H3,(H3,22,23,24,25). The van der Waals surface area contributed by atoms with E-state index in [1.807, 2.05) is 12.1 Å². The predicted molar refractivity (Wildman–Crippen MR) is 112 cm³/mol. The number of hydrogen-bond acceptors (Lipinski definition) is 7. The Bertz CT molecular complexity index is 814. The van der Waals surface area contributed by atoms with E-state index in [1.54, 1.807) is 14.2 Å². The summed E-state index contributed by atoms with van der Waals surface area (Å²) in [6, 6.07) is 4.83. The van der Waals surface area contributed by atoms with Gasteiger partial charge in [0.15, 0.2) is 11.5 Å². The molecule has 3 N–H and O–H groups in total. The van der Waals surface area contributed by atoms with Crippen LogP contribution in [0.25, 0.3) is 10.9 Å². The lowest BCUT2D eigenvalue weighted by atomic mass is 9.89. The molecule has 1 aliphatic carbocycles. The van der Waals surface area contributed by atoms with E-state index in [-0.39, 0.29) is 0 Å². The molecular formula is C21H31N5O2. The molecule has 28 heavy (non-hydrogen) atoms. The van der Waals surface area contributed by atoms with E-state index in [2.05, 4.69) is 20.2 Å². The fourth-order valence-electron chi connectivity index (χ4n) is 4.60. The molecule has 0 unspecified atom stereocenters. The summed E-state index contributed by atoms with van der Waals surface area (Å²) in [5.41, 5.74) is 6.96. The van der Waals surface area contributed by atoms with E-state index >= 15 is 0 Å². The van der Waals surface area contributed by atoms with E-state index in [1.165, 1.54) is 45.2 Å². The van der Waals surface area contributed by atoms with Gasteiger partial charge in [-0.1, -0.05) is 6.42 Å². The second-order valence-electron chi connectivity index (χ2n) is 7.90. The van der Waals surface area contributed by atoms with Gasteiger partial charge in [-0.25, -0.2) is 4.98 Å². The summed E-state index contributed by atoms with van der Waals surface area (Å²) in [5, 5.41) is 4.29. The third-order valence-corrected chi connectivity index (χ3v) is 6.17. The molecule has 2 fully saturated rings. The van der Waals surface area contributed by atoms with Crippen molar-refractivity contribution in [2.24, 2.45) is 0 Å². The van der Waals surface area contributed by atoms with Crippen LogP contribution in [0.4, 0.5) is 11.8 Å². The first-order valence-electron chi connectivity index (χ1n) is 10.4. The number of anilines is 2. The molecule has 1 aliphatic heterocycles. The van der Waals surface area contributed by atoms with Crippen molar-refractivity contribution in [1.29, 1.82) is 0 Å². The molecule has 7 heteroatoms. The van der Waals surface area contributed by atoms with Crippen LogP contribution in [0, 0.1) is 0 Å². The number of methoxy groups -OCH3 is 2. The van der Waals surface area contributed by atoms with Crippen LogP contribution < -0.4 is 20.5 Å². The number of nitrogens with two attached hydrogens (primary N) is 1. The van der Waals surface area contributed by atoms with E-state index in [0.717, 1.165) is 29.8 Å². The Morgan fingerprint density at radius 3 is 2.32 bits per heavy atom. The Balaban J connectivity index is 1.45. The third kappa shape index (κ3) is 3.94. The molecule has 2 heterocycles. The number of nitrogens with one attached hydrogen (secondary N) is 1. The zero-order chi connectivity index (χ0) is 19.5. The molecule has 4 rings (SSSR count). The number of piperidine rings is 1. The lowest BCUT2D eigenvalue weighted by molar-refractivity contribution is 0.127. The monoisotopic (exact) mass is 385 g/mol. The average molecular weight is 386 g/mol. The summed E-state index contributed by atoms with van der Waals surface area (Å²) in [7, 11) is 3.23. The van der Waals surface area contributed by atoms with Gasteiger partial charge in [-0.2, -0.15) is 4.98 Å². The van der Waals surface area contributed by atoms with Crippen molar-refractivity contribution in [3.05, 3.63) is 12.1 Å². The maximum Gasteiger partial charge on any atom is 0.225 e. The van der Waals surface area contributed by atoms with Crippen LogP contribution in [0.2, 0.25) is 0 Å². The second-order valence-corrected chi connectivity index (χ2v) is 7.90. The minimum Gasteiger partial charge on any atom is -0.493 e. The Labute approximate surface area is 166 Å². The molecule has 0 bridgehead atoms. The molecule has 1 saturated heterocycles. The minimum absolute atomic E-state index is 0.401. The van der Waals surface area contributed by atoms with Gasteiger partial charge in [-0.3, -0.25) is 0 Å². The molecule has 0 radical (unpaired) electrons. The lowest BCUT2D eigenvalue weighted by Crippen LogP contribution is -2.43. The van der Waals surface area contributed by atoms with Gasteiger partial charge < -0.3 is 25.4 Å². The lowest BCUT2D eigenvalue weighted by Gasteiger charge is -2.39. The Morgan fingerprint density at radius 2 is 1.64 bits per heavy atom. The highest BCUT2D eigenvalue weighted by Crippen LogP contribution is 2.34. The molecule has 0 atom stereocenters. The van der Waals surface area contributed by atoms with E-state index in [4.69, 9.17) is 15.2 Å². The average Bonchev–Trinajstić information content (AvgIpc) is 2.74. The second kappa shape index (κ2) is 8.39. The van der Waals surface area contributed by atoms with E-state index in [9.17, 15) is 0 Å². The Morgan fingerprint density at radius 1 is 0.964 bits per heavy atom. The molecule has 0 spiro atoms. The number of rotatable bonds is 5. The summed E-state index contributed by atoms with van der Waals surface area (Å²) >= 11 is 0. The summed E-state index contributed by atoms with van der Waals surface area (Å²) in [6.45, 7) is 2.55. The van der Waals surface area contributed by atoms with Crippen LogP contribution in [0.1, 0.15) is 44.9 Å². The number of fused-ring (bicyclic) bond motifs is 1. The number of likely N-dealkylation sites (tertiary alicyclic amines) is 1. The topological polar surface area (TPSA) is 85.5 Å². The van der Waals surface area contributed by atoms with Crippen LogP contribution in [-0.2, 0) is 0 Å². The molecule has 1 saturated carbocycles. The molecule has 0 amide bonds. The van der Waals surface area contributed by atoms with E-state index < -0.39 is 0 Å². The molecule has 7 nitrogen and oxygen atoms in total. The van der Waals surface area contributed by atoms with Gasteiger partial charge in [-0.05, 0) is 57.7 Å². The number of benzene rings is 1. The highest BCUT2D eigenvalue weighted by atomic mass is 16.5. The first-order valence-corrected chi connectivity index (χ1v) is 10.4. The number of nitrogen functional groups attached to an aromatic ring is 1. The molecule has 152 valence electrons. The number of hydrogen-bond donors (Lipinski definition) is 2. The third-order valence-electron chi connectivity index (χ3n) is 6.17. The van der Waals surface area contributed by atoms with Crippen molar-refractivity contribution in [1.82, 2.24) is 14.9 Å². The molecule has 1 aromatic heterocycles. The highest BCUT2D eigenvalue weighted by Gasteiger charge is 2.27. The van der Waals surface area contributed by atoms with Crippen molar-refractivity contribution in [2.75, 3.05) is 38.4 Å². The smallest absolute Gasteiger partial charge is 0.225 e. The highest BCUT2D eigenvalue weighted by molar-refractivity contribution is 5.91. The normalized spacial score (nSPS) is 23.5. The number of ether oxygens (including phenoxy) is 2. The van der Waals surface area contributed by atoms with Gasteiger partial charge in [0, 0.05) is 23.5 Å². The van der Waals surface area contributed by atoms with Crippen LogP contribution in [0.3, 0.4) is 0 Å². The number of aromatic nitrogens is 2. The zero-order valence-electron chi connectivity index (χ0n) is 16.9. The van der Waals surface area contributed by atoms with Crippen molar-refractivity contribution in [3.8, 4) is 11.5 Å². The quantitative estimate of drug-likeness (QED) is 0.815. The van der Waals surface area contributed by atoms with Crippen LogP contribution in [-0.4, -0.2) is 54.3 Å². The predicted octanol–water partition coefficient (Wildman–Crippen LogP) is 3.44. The maximum atomic E-state index is 6.20. The van der Waals surface area contributed by atoms with Gasteiger partial charge in [0.25, 0.3) is 0 Å². The van der Waals surface area contributed by atoms with Gasteiger partial charge in [0.05, 0.1) is 19.7 Å². The summed E-state index contributed by atoms with van der Waals surface area (Å²) in [6.07, 6.45) is 8.89. The van der Waals surface area contributed by atoms with Crippen molar-refractivity contribution < 1.29 is 9.47 Å². The van der Waals surface area contributed by atoms with Gasteiger partial charge >= 0.3 is 0 Å². The minimum atomic E-state index is 0.401. The number of nitrogens with zero attached hydrogens (tertiary/aromatic N) is 3. The first-order chi connectivity index (χ1) is 13.7.